The van der Waals surface area contributed by atoms with Gasteiger partial charge in [0.2, 0.25) is 0 Å². The second kappa shape index (κ2) is 5.78. The topological polar surface area (TPSA) is 42.0 Å². The van der Waals surface area contributed by atoms with Crippen LogP contribution in [0.4, 0.5) is 0 Å². The van der Waals surface area contributed by atoms with Crippen molar-refractivity contribution in [2.45, 2.75) is 26.8 Å². The highest BCUT2D eigenvalue weighted by atomic mass is 32.1. The Balaban J connectivity index is 2.04. The third-order valence-corrected chi connectivity index (χ3v) is 3.91. The summed E-state index contributed by atoms with van der Waals surface area (Å²) in [7, 11) is 0. The summed E-state index contributed by atoms with van der Waals surface area (Å²) in [4.78, 5) is 16.9. The minimum absolute atomic E-state index is 0.00126. The fourth-order valence-corrected chi connectivity index (χ4v) is 2.65. The van der Waals surface area contributed by atoms with Crippen molar-refractivity contribution >= 4 is 17.2 Å². The lowest BCUT2D eigenvalue weighted by molar-refractivity contribution is 0.0954. The molecular weight excluding hydrogens is 244 g/mol. The SMILES string of the molecule is CCc1cnccc1CNC(=O)c1sccc1C. The van der Waals surface area contributed by atoms with Crippen molar-refractivity contribution in [2.75, 3.05) is 0 Å². The fraction of sp³-hybridized carbons (Fsp3) is 0.286. The molecule has 1 amide bonds. The highest BCUT2D eigenvalue weighted by molar-refractivity contribution is 7.12. The summed E-state index contributed by atoms with van der Waals surface area (Å²) in [5.74, 6) is 0.00126. The summed E-state index contributed by atoms with van der Waals surface area (Å²) in [5.41, 5.74) is 3.35. The van der Waals surface area contributed by atoms with Gasteiger partial charge in [0.1, 0.15) is 0 Å². The zero-order chi connectivity index (χ0) is 13.0. The van der Waals surface area contributed by atoms with Gasteiger partial charge in [0, 0.05) is 18.9 Å². The predicted molar refractivity (Wildman–Crippen MR) is 73.8 cm³/mol. The first-order valence-electron chi connectivity index (χ1n) is 5.96. The van der Waals surface area contributed by atoms with Gasteiger partial charge in [-0.3, -0.25) is 9.78 Å². The van der Waals surface area contributed by atoms with Gasteiger partial charge in [-0.2, -0.15) is 0 Å². The summed E-state index contributed by atoms with van der Waals surface area (Å²) >= 11 is 1.48. The van der Waals surface area contributed by atoms with E-state index < -0.39 is 0 Å². The normalized spacial score (nSPS) is 10.3. The summed E-state index contributed by atoms with van der Waals surface area (Å²) in [6, 6.07) is 3.92. The van der Waals surface area contributed by atoms with Gasteiger partial charge in [-0.15, -0.1) is 11.3 Å². The van der Waals surface area contributed by atoms with Crippen molar-refractivity contribution in [1.29, 1.82) is 0 Å². The first kappa shape index (κ1) is 12.8. The van der Waals surface area contributed by atoms with E-state index in [9.17, 15) is 4.79 Å². The zero-order valence-corrected chi connectivity index (χ0v) is 11.4. The van der Waals surface area contributed by atoms with Gasteiger partial charge in [-0.25, -0.2) is 0 Å². The molecule has 18 heavy (non-hydrogen) atoms. The van der Waals surface area contributed by atoms with E-state index in [2.05, 4.69) is 17.2 Å². The molecule has 3 nitrogen and oxygen atoms in total. The first-order valence-corrected chi connectivity index (χ1v) is 6.84. The molecule has 1 N–H and O–H groups in total. The highest BCUT2D eigenvalue weighted by Gasteiger charge is 2.10. The highest BCUT2D eigenvalue weighted by Crippen LogP contribution is 2.15. The van der Waals surface area contributed by atoms with Crippen molar-refractivity contribution in [3.8, 4) is 0 Å². The Kier molecular flexibility index (Phi) is 4.10. The lowest BCUT2D eigenvalue weighted by Gasteiger charge is -2.08. The van der Waals surface area contributed by atoms with E-state index >= 15 is 0 Å². The van der Waals surface area contributed by atoms with E-state index in [1.54, 1.807) is 6.20 Å². The van der Waals surface area contributed by atoms with Crippen LogP contribution in [0.25, 0.3) is 0 Å². The summed E-state index contributed by atoms with van der Waals surface area (Å²) < 4.78 is 0. The molecule has 0 atom stereocenters. The summed E-state index contributed by atoms with van der Waals surface area (Å²) in [5, 5.41) is 4.90. The summed E-state index contributed by atoms with van der Waals surface area (Å²) in [6.07, 6.45) is 4.55. The number of carbonyl (C=O) groups excluding carboxylic acids is 1. The van der Waals surface area contributed by atoms with Crippen molar-refractivity contribution in [2.24, 2.45) is 0 Å². The largest absolute Gasteiger partial charge is 0.347 e. The number of rotatable bonds is 4. The molecule has 0 aromatic carbocycles. The second-order valence-electron chi connectivity index (χ2n) is 4.11. The molecule has 94 valence electrons. The minimum atomic E-state index is 0.00126. The average molecular weight is 260 g/mol. The van der Waals surface area contributed by atoms with Crippen molar-refractivity contribution in [3.05, 3.63) is 51.5 Å². The van der Waals surface area contributed by atoms with Gasteiger partial charge in [-0.1, -0.05) is 6.92 Å². The number of nitrogens with zero attached hydrogens (tertiary/aromatic N) is 1. The Morgan fingerprint density at radius 3 is 2.89 bits per heavy atom. The average Bonchev–Trinajstić information content (AvgIpc) is 2.82. The molecule has 0 unspecified atom stereocenters. The van der Waals surface area contributed by atoms with Gasteiger partial charge >= 0.3 is 0 Å². The Labute approximate surface area is 111 Å². The molecule has 0 saturated carbocycles. The van der Waals surface area contributed by atoms with Crippen LogP contribution >= 0.6 is 11.3 Å². The lowest BCUT2D eigenvalue weighted by Crippen LogP contribution is -2.23. The van der Waals surface area contributed by atoms with Crippen LogP contribution < -0.4 is 5.32 Å². The van der Waals surface area contributed by atoms with Crippen molar-refractivity contribution in [3.63, 3.8) is 0 Å². The minimum Gasteiger partial charge on any atom is -0.347 e. The van der Waals surface area contributed by atoms with Crippen LogP contribution in [0.1, 0.15) is 33.3 Å². The van der Waals surface area contributed by atoms with Crippen LogP contribution in [-0.2, 0) is 13.0 Å². The zero-order valence-electron chi connectivity index (χ0n) is 10.6. The first-order chi connectivity index (χ1) is 8.72. The summed E-state index contributed by atoms with van der Waals surface area (Å²) in [6.45, 7) is 4.60. The van der Waals surface area contributed by atoms with Gasteiger partial charge in [0.15, 0.2) is 0 Å². The van der Waals surface area contributed by atoms with Crippen LogP contribution in [0.2, 0.25) is 0 Å². The molecule has 0 saturated heterocycles. The van der Waals surface area contributed by atoms with E-state index in [1.165, 1.54) is 16.9 Å². The molecule has 0 aliphatic carbocycles. The Bertz CT molecular complexity index is 548. The van der Waals surface area contributed by atoms with Crippen molar-refractivity contribution < 1.29 is 4.79 Å². The van der Waals surface area contributed by atoms with Crippen LogP contribution in [0.5, 0.6) is 0 Å². The molecule has 0 radical (unpaired) electrons. The van der Waals surface area contributed by atoms with Gasteiger partial charge in [-0.05, 0) is 47.5 Å². The monoisotopic (exact) mass is 260 g/mol. The molecule has 0 spiro atoms. The predicted octanol–water partition coefficient (Wildman–Crippen LogP) is 2.94. The van der Waals surface area contributed by atoms with Crippen LogP contribution in [0.3, 0.4) is 0 Å². The van der Waals surface area contributed by atoms with E-state index in [1.807, 2.05) is 30.6 Å². The molecule has 0 aliphatic heterocycles. The van der Waals surface area contributed by atoms with E-state index in [0.717, 1.165) is 22.4 Å². The number of pyridine rings is 1. The molecule has 2 aromatic heterocycles. The Morgan fingerprint density at radius 1 is 1.39 bits per heavy atom. The number of carbonyl (C=O) groups is 1. The van der Waals surface area contributed by atoms with Crippen LogP contribution in [0.15, 0.2) is 29.9 Å². The van der Waals surface area contributed by atoms with Crippen LogP contribution in [0, 0.1) is 6.92 Å². The van der Waals surface area contributed by atoms with E-state index in [4.69, 9.17) is 0 Å². The Hall–Kier alpha value is -1.68. The third-order valence-electron chi connectivity index (χ3n) is 2.89. The Morgan fingerprint density at radius 2 is 2.22 bits per heavy atom. The number of nitrogens with one attached hydrogen (secondary N) is 1. The molecule has 2 rings (SSSR count). The van der Waals surface area contributed by atoms with Gasteiger partial charge in [0.05, 0.1) is 4.88 Å². The molecule has 2 heterocycles. The fourth-order valence-electron chi connectivity index (χ4n) is 1.81. The molecule has 4 heteroatoms. The maximum Gasteiger partial charge on any atom is 0.261 e. The van der Waals surface area contributed by atoms with Gasteiger partial charge < -0.3 is 5.32 Å². The standard InChI is InChI=1S/C14H16N2OS/c1-3-11-8-15-6-4-12(11)9-16-14(17)13-10(2)5-7-18-13/h4-8H,3,9H2,1-2H3,(H,16,17). The third kappa shape index (κ3) is 2.76. The quantitative estimate of drug-likeness (QED) is 0.918. The number of thiophene rings is 1. The number of aryl methyl sites for hydroxylation is 2. The number of hydrogen-bond donors (Lipinski definition) is 1. The van der Waals surface area contributed by atoms with Crippen molar-refractivity contribution in [1.82, 2.24) is 10.3 Å². The lowest BCUT2D eigenvalue weighted by atomic mass is 10.1. The maximum atomic E-state index is 12.0. The van der Waals surface area contributed by atoms with Crippen LogP contribution in [-0.4, -0.2) is 10.9 Å². The maximum absolute atomic E-state index is 12.0. The molecule has 0 aliphatic rings. The smallest absolute Gasteiger partial charge is 0.261 e. The molecule has 2 aromatic rings. The number of aromatic nitrogens is 1. The molecular formula is C14H16N2OS. The number of hydrogen-bond acceptors (Lipinski definition) is 3. The van der Waals surface area contributed by atoms with E-state index in [0.29, 0.717) is 6.54 Å². The van der Waals surface area contributed by atoms with E-state index in [-0.39, 0.29) is 5.91 Å². The number of amides is 1. The second-order valence-corrected chi connectivity index (χ2v) is 5.03. The molecule has 0 fully saturated rings. The molecule has 0 bridgehead atoms. The van der Waals surface area contributed by atoms with Gasteiger partial charge in [0.25, 0.3) is 5.91 Å².